The molecule has 0 aliphatic carbocycles. The van der Waals surface area contributed by atoms with Crippen LogP contribution in [0.25, 0.3) is 0 Å². The second kappa shape index (κ2) is 5.88. The summed E-state index contributed by atoms with van der Waals surface area (Å²) in [6.45, 7) is 4.31. The third-order valence-corrected chi connectivity index (χ3v) is 4.35. The van der Waals surface area contributed by atoms with E-state index in [1.165, 1.54) is 23.4 Å². The number of hydrogen-bond acceptors (Lipinski definition) is 5. The third-order valence-electron chi connectivity index (χ3n) is 4.35. The van der Waals surface area contributed by atoms with E-state index in [1.807, 2.05) is 19.2 Å². The van der Waals surface area contributed by atoms with Gasteiger partial charge in [0.05, 0.1) is 16.8 Å². The summed E-state index contributed by atoms with van der Waals surface area (Å²) in [7, 11) is 2.01. The average Bonchev–Trinajstić information content (AvgIpc) is 2.76. The van der Waals surface area contributed by atoms with Gasteiger partial charge in [0.15, 0.2) is 0 Å². The third kappa shape index (κ3) is 2.67. The summed E-state index contributed by atoms with van der Waals surface area (Å²) in [6, 6.07) is 14.3. The van der Waals surface area contributed by atoms with Crippen molar-refractivity contribution in [2.75, 3.05) is 11.9 Å². The predicted molar refractivity (Wildman–Crippen MR) is 93.6 cm³/mol. The van der Waals surface area contributed by atoms with E-state index >= 15 is 0 Å². The molecule has 0 aromatic heterocycles. The normalized spacial score (nSPS) is 17.5. The molecule has 0 spiro atoms. The molecule has 1 aliphatic rings. The van der Waals surface area contributed by atoms with Crippen LogP contribution in [0.15, 0.2) is 70.7 Å². The zero-order valence-electron chi connectivity index (χ0n) is 13.8. The zero-order valence-corrected chi connectivity index (χ0v) is 13.8. The molecule has 1 heterocycles. The second-order valence-electron chi connectivity index (χ2n) is 6.20. The highest BCUT2D eigenvalue weighted by Crippen LogP contribution is 2.46. The van der Waals surface area contributed by atoms with Crippen molar-refractivity contribution in [2.45, 2.75) is 19.3 Å². The average molecular weight is 322 g/mol. The molecule has 0 bridgehead atoms. The van der Waals surface area contributed by atoms with Crippen LogP contribution in [0.1, 0.15) is 19.4 Å². The van der Waals surface area contributed by atoms with Crippen molar-refractivity contribution in [3.8, 4) is 0 Å². The molecule has 0 amide bonds. The first-order valence-electron chi connectivity index (χ1n) is 7.60. The number of nitrogens with zero attached hydrogens (tertiary/aromatic N) is 4. The molecule has 0 radical (unpaired) electrons. The highest BCUT2D eigenvalue weighted by Gasteiger charge is 2.38. The molecular formula is C18H18N4O2. The van der Waals surface area contributed by atoms with Gasteiger partial charge in [0.1, 0.15) is 0 Å². The van der Waals surface area contributed by atoms with Crippen molar-refractivity contribution in [3.63, 3.8) is 0 Å². The quantitative estimate of drug-likeness (QED) is 0.456. The Morgan fingerprint density at radius 2 is 1.79 bits per heavy atom. The highest BCUT2D eigenvalue weighted by molar-refractivity contribution is 5.69. The lowest BCUT2D eigenvalue weighted by Crippen LogP contribution is -2.22. The maximum atomic E-state index is 10.7. The van der Waals surface area contributed by atoms with Crippen LogP contribution < -0.4 is 4.90 Å². The minimum absolute atomic E-state index is 0.0411. The van der Waals surface area contributed by atoms with Crippen molar-refractivity contribution in [2.24, 2.45) is 10.2 Å². The minimum Gasteiger partial charge on any atom is -0.346 e. The summed E-state index contributed by atoms with van der Waals surface area (Å²) in [4.78, 5) is 12.3. The van der Waals surface area contributed by atoms with Gasteiger partial charge in [0.25, 0.3) is 5.69 Å². The number of rotatable bonds is 3. The van der Waals surface area contributed by atoms with Gasteiger partial charge in [-0.3, -0.25) is 10.1 Å². The van der Waals surface area contributed by atoms with Gasteiger partial charge in [-0.25, -0.2) is 0 Å². The van der Waals surface area contributed by atoms with Crippen LogP contribution in [0.2, 0.25) is 0 Å². The molecule has 2 aromatic carbocycles. The van der Waals surface area contributed by atoms with Gasteiger partial charge in [-0.05, 0) is 23.8 Å². The molecule has 6 heteroatoms. The Kier molecular flexibility index (Phi) is 3.89. The Morgan fingerprint density at radius 3 is 2.42 bits per heavy atom. The number of likely N-dealkylation sites (N-methyl/N-ethyl adjacent to an activating group) is 1. The molecule has 2 aromatic rings. The van der Waals surface area contributed by atoms with Crippen LogP contribution in [-0.2, 0) is 5.41 Å². The number of allylic oxidation sites excluding steroid dienone is 1. The molecule has 0 atom stereocenters. The topological polar surface area (TPSA) is 71.1 Å². The fourth-order valence-electron chi connectivity index (χ4n) is 3.02. The largest absolute Gasteiger partial charge is 0.346 e. The van der Waals surface area contributed by atoms with Crippen molar-refractivity contribution in [1.29, 1.82) is 0 Å². The molecule has 0 saturated carbocycles. The first kappa shape index (κ1) is 15.9. The van der Waals surface area contributed by atoms with E-state index in [9.17, 15) is 10.1 Å². The highest BCUT2D eigenvalue weighted by atomic mass is 16.6. The lowest BCUT2D eigenvalue weighted by atomic mass is 9.84. The molecular weight excluding hydrogens is 304 g/mol. The summed E-state index contributed by atoms with van der Waals surface area (Å²) in [5, 5.41) is 19.0. The Morgan fingerprint density at radius 1 is 1.12 bits per heavy atom. The Balaban J connectivity index is 1.86. The van der Waals surface area contributed by atoms with Crippen LogP contribution >= 0.6 is 0 Å². The van der Waals surface area contributed by atoms with E-state index in [-0.39, 0.29) is 11.1 Å². The van der Waals surface area contributed by atoms with Gasteiger partial charge < -0.3 is 4.90 Å². The van der Waals surface area contributed by atoms with Crippen LogP contribution in [0.3, 0.4) is 0 Å². The summed E-state index contributed by atoms with van der Waals surface area (Å²) < 4.78 is 0. The number of nitro groups is 1. The maximum Gasteiger partial charge on any atom is 0.269 e. The van der Waals surface area contributed by atoms with Gasteiger partial charge in [0.2, 0.25) is 0 Å². The van der Waals surface area contributed by atoms with Crippen molar-refractivity contribution in [1.82, 2.24) is 0 Å². The molecule has 6 nitrogen and oxygen atoms in total. The van der Waals surface area contributed by atoms with Gasteiger partial charge >= 0.3 is 0 Å². The van der Waals surface area contributed by atoms with Gasteiger partial charge in [0, 0.05) is 36.0 Å². The molecule has 122 valence electrons. The number of non-ortho nitro benzene ring substituents is 1. The van der Waals surface area contributed by atoms with E-state index in [4.69, 9.17) is 0 Å². The van der Waals surface area contributed by atoms with E-state index in [0.717, 1.165) is 5.70 Å². The van der Waals surface area contributed by atoms with E-state index in [2.05, 4.69) is 41.1 Å². The molecule has 3 rings (SSSR count). The maximum absolute atomic E-state index is 10.7. The fourth-order valence-corrected chi connectivity index (χ4v) is 3.02. The van der Waals surface area contributed by atoms with Crippen molar-refractivity contribution in [3.05, 3.63) is 76.1 Å². The number of fused-ring (bicyclic) bond motifs is 1. The lowest BCUT2D eigenvalue weighted by molar-refractivity contribution is -0.384. The molecule has 0 fully saturated rings. The molecule has 24 heavy (non-hydrogen) atoms. The van der Waals surface area contributed by atoms with Crippen molar-refractivity contribution >= 4 is 17.1 Å². The number of para-hydroxylation sites is 1. The molecule has 0 N–H and O–H groups in total. The standard InChI is InChI=1S/C18H18N4O2/c1-18(2)15-6-4-5-7-16(15)21(3)17(18)12-19-20-13-8-10-14(11-9-13)22(23)24/h4-12H,1-3H3/b17-12+,20-19?. The summed E-state index contributed by atoms with van der Waals surface area (Å²) in [5.41, 5.74) is 3.94. The summed E-state index contributed by atoms with van der Waals surface area (Å²) >= 11 is 0. The van der Waals surface area contributed by atoms with E-state index in [0.29, 0.717) is 5.69 Å². The number of anilines is 1. The Bertz CT molecular complexity index is 838. The minimum atomic E-state index is -0.434. The van der Waals surface area contributed by atoms with Crippen LogP contribution in [0.4, 0.5) is 17.1 Å². The lowest BCUT2D eigenvalue weighted by Gasteiger charge is -2.22. The summed E-state index contributed by atoms with van der Waals surface area (Å²) in [6.07, 6.45) is 1.75. The summed E-state index contributed by atoms with van der Waals surface area (Å²) in [5.74, 6) is 0. The molecule has 0 saturated heterocycles. The van der Waals surface area contributed by atoms with Crippen LogP contribution in [0, 0.1) is 10.1 Å². The monoisotopic (exact) mass is 322 g/mol. The van der Waals surface area contributed by atoms with Gasteiger partial charge in [-0.2, -0.15) is 10.2 Å². The first-order valence-corrected chi connectivity index (χ1v) is 7.60. The SMILES string of the molecule is CN1/C(=C/N=Nc2ccc([N+](=O)[O-])cc2)C(C)(C)c2ccccc21. The van der Waals surface area contributed by atoms with Crippen LogP contribution in [0.5, 0.6) is 0 Å². The number of nitro benzene ring substituents is 1. The number of azo groups is 1. The Labute approximate surface area is 140 Å². The van der Waals surface area contributed by atoms with Gasteiger partial charge in [-0.15, -0.1) is 0 Å². The smallest absolute Gasteiger partial charge is 0.269 e. The first-order chi connectivity index (χ1) is 11.4. The zero-order chi connectivity index (χ0) is 17.3. The number of benzene rings is 2. The van der Waals surface area contributed by atoms with Gasteiger partial charge in [-0.1, -0.05) is 32.0 Å². The van der Waals surface area contributed by atoms with Crippen molar-refractivity contribution < 1.29 is 4.92 Å². The predicted octanol–water partition coefficient (Wildman–Crippen LogP) is 4.95. The molecule has 0 unspecified atom stereocenters. The van der Waals surface area contributed by atoms with E-state index in [1.54, 1.807) is 18.3 Å². The van der Waals surface area contributed by atoms with Crippen LogP contribution in [-0.4, -0.2) is 12.0 Å². The fraction of sp³-hybridized carbons (Fsp3) is 0.222. The number of hydrogen-bond donors (Lipinski definition) is 0. The Hall–Kier alpha value is -3.02. The molecule has 1 aliphatic heterocycles. The van der Waals surface area contributed by atoms with E-state index < -0.39 is 4.92 Å². The second-order valence-corrected chi connectivity index (χ2v) is 6.20.